The molecule has 1 aliphatic rings. The molecule has 0 atom stereocenters. The quantitative estimate of drug-likeness (QED) is 0.688. The van der Waals surface area contributed by atoms with Crippen molar-refractivity contribution < 1.29 is 13.5 Å². The minimum Gasteiger partial charge on any atom is -0.396 e. The number of sulfone groups is 1. The molecule has 2 aromatic heterocycles. The third-order valence-corrected chi connectivity index (χ3v) is 8.60. The molecular formula is C19H19ClN2O3S2. The van der Waals surface area contributed by atoms with Crippen LogP contribution in [-0.4, -0.2) is 38.2 Å². The molecule has 0 unspecified atom stereocenters. The van der Waals surface area contributed by atoms with Gasteiger partial charge in [0.2, 0.25) is 9.84 Å². The van der Waals surface area contributed by atoms with Crippen LogP contribution in [0.2, 0.25) is 5.02 Å². The fourth-order valence-corrected chi connectivity index (χ4v) is 6.63. The van der Waals surface area contributed by atoms with Crippen molar-refractivity contribution in [1.29, 1.82) is 0 Å². The SMILES string of the molecule is O=S(=O)(c1ccc(Cl)cc1)c1sc2ncccc2c1N1CCC(CO)CC1. The van der Waals surface area contributed by atoms with Gasteiger partial charge in [0.1, 0.15) is 4.83 Å². The summed E-state index contributed by atoms with van der Waals surface area (Å²) < 4.78 is 27.1. The van der Waals surface area contributed by atoms with Gasteiger partial charge in [0, 0.05) is 36.3 Å². The lowest BCUT2D eigenvalue weighted by atomic mass is 9.97. The van der Waals surface area contributed by atoms with Gasteiger partial charge in [-0.05, 0) is 55.2 Å². The zero-order chi connectivity index (χ0) is 19.0. The minimum atomic E-state index is -3.69. The van der Waals surface area contributed by atoms with Gasteiger partial charge in [-0.3, -0.25) is 0 Å². The van der Waals surface area contributed by atoms with Crippen LogP contribution in [0.3, 0.4) is 0 Å². The topological polar surface area (TPSA) is 70.5 Å². The molecule has 142 valence electrons. The minimum absolute atomic E-state index is 0.176. The number of anilines is 1. The number of thiophene rings is 1. The number of hydrogen-bond donors (Lipinski definition) is 1. The Balaban J connectivity index is 1.84. The Morgan fingerprint density at radius 3 is 2.56 bits per heavy atom. The number of piperidine rings is 1. The molecule has 1 fully saturated rings. The summed E-state index contributed by atoms with van der Waals surface area (Å²) in [6.45, 7) is 1.61. The number of rotatable bonds is 4. The van der Waals surface area contributed by atoms with Crippen molar-refractivity contribution in [3.8, 4) is 0 Å². The van der Waals surface area contributed by atoms with Crippen LogP contribution in [0.4, 0.5) is 5.69 Å². The molecular weight excluding hydrogens is 404 g/mol. The number of benzene rings is 1. The molecule has 8 heteroatoms. The molecule has 4 rings (SSSR count). The average molecular weight is 423 g/mol. The standard InChI is InChI=1S/C19H19ClN2O3S2/c20-14-3-5-15(6-4-14)27(24,25)19-17(16-2-1-9-21-18(16)26-19)22-10-7-13(12-23)8-11-22/h1-6,9,13,23H,7-8,10-12H2. The predicted molar refractivity (Wildman–Crippen MR) is 109 cm³/mol. The van der Waals surface area contributed by atoms with E-state index in [9.17, 15) is 13.5 Å². The summed E-state index contributed by atoms with van der Waals surface area (Å²) in [4.78, 5) is 7.44. The Hall–Kier alpha value is -1.67. The van der Waals surface area contributed by atoms with Gasteiger partial charge in [0.15, 0.2) is 4.21 Å². The highest BCUT2D eigenvalue weighted by Crippen LogP contribution is 2.43. The maximum Gasteiger partial charge on any atom is 0.218 e. The van der Waals surface area contributed by atoms with Crippen LogP contribution >= 0.6 is 22.9 Å². The molecule has 0 aliphatic carbocycles. The molecule has 0 radical (unpaired) electrons. The summed E-state index contributed by atoms with van der Waals surface area (Å²) in [5.41, 5.74) is 0.731. The number of fused-ring (bicyclic) bond motifs is 1. The Labute approximate surface area is 167 Å². The van der Waals surface area contributed by atoms with E-state index in [1.807, 2.05) is 12.1 Å². The summed E-state index contributed by atoms with van der Waals surface area (Å²) in [5, 5.41) is 10.8. The van der Waals surface area contributed by atoms with Gasteiger partial charge in [0.25, 0.3) is 0 Å². The highest BCUT2D eigenvalue weighted by Gasteiger charge is 2.31. The van der Waals surface area contributed by atoms with Crippen LogP contribution in [0.25, 0.3) is 10.2 Å². The van der Waals surface area contributed by atoms with E-state index >= 15 is 0 Å². The molecule has 0 spiro atoms. The first-order valence-electron chi connectivity index (χ1n) is 8.74. The number of nitrogens with zero attached hydrogens (tertiary/aromatic N) is 2. The third-order valence-electron chi connectivity index (χ3n) is 4.97. The Bertz CT molecular complexity index is 1060. The Morgan fingerprint density at radius 1 is 1.19 bits per heavy atom. The average Bonchev–Trinajstić information content (AvgIpc) is 3.09. The van der Waals surface area contributed by atoms with Crippen LogP contribution in [0.5, 0.6) is 0 Å². The van der Waals surface area contributed by atoms with Crippen molar-refractivity contribution in [2.45, 2.75) is 21.9 Å². The van der Waals surface area contributed by atoms with E-state index in [0.29, 0.717) is 14.1 Å². The van der Waals surface area contributed by atoms with Crippen molar-refractivity contribution in [3.05, 3.63) is 47.6 Å². The van der Waals surface area contributed by atoms with Crippen LogP contribution in [0.1, 0.15) is 12.8 Å². The molecule has 27 heavy (non-hydrogen) atoms. The smallest absolute Gasteiger partial charge is 0.218 e. The lowest BCUT2D eigenvalue weighted by molar-refractivity contribution is 0.203. The van der Waals surface area contributed by atoms with Crippen molar-refractivity contribution in [2.75, 3.05) is 24.6 Å². The van der Waals surface area contributed by atoms with Crippen LogP contribution in [-0.2, 0) is 9.84 Å². The molecule has 3 heterocycles. The van der Waals surface area contributed by atoms with E-state index in [-0.39, 0.29) is 17.4 Å². The van der Waals surface area contributed by atoms with Gasteiger partial charge >= 0.3 is 0 Å². The summed E-state index contributed by atoms with van der Waals surface area (Å²) in [5.74, 6) is 0.278. The summed E-state index contributed by atoms with van der Waals surface area (Å²) >= 11 is 7.13. The van der Waals surface area contributed by atoms with Gasteiger partial charge in [-0.15, -0.1) is 11.3 Å². The number of aromatic nitrogens is 1. The summed E-state index contributed by atoms with van der Waals surface area (Å²) in [7, 11) is -3.69. The van der Waals surface area contributed by atoms with E-state index in [2.05, 4.69) is 9.88 Å². The monoisotopic (exact) mass is 422 g/mol. The van der Waals surface area contributed by atoms with Crippen LogP contribution in [0.15, 0.2) is 51.7 Å². The lowest BCUT2D eigenvalue weighted by Gasteiger charge is -2.33. The summed E-state index contributed by atoms with van der Waals surface area (Å²) in [6, 6.07) is 10.0. The van der Waals surface area contributed by atoms with E-state index in [4.69, 9.17) is 11.6 Å². The second kappa shape index (κ2) is 7.39. The van der Waals surface area contributed by atoms with Crippen molar-refractivity contribution in [1.82, 2.24) is 4.98 Å². The molecule has 1 N–H and O–H groups in total. The number of pyridine rings is 1. The third kappa shape index (κ3) is 3.45. The maximum atomic E-state index is 13.4. The number of aliphatic hydroxyl groups excluding tert-OH is 1. The lowest BCUT2D eigenvalue weighted by Crippen LogP contribution is -2.35. The molecule has 1 aliphatic heterocycles. The summed E-state index contributed by atoms with van der Waals surface area (Å²) in [6.07, 6.45) is 3.36. The Kier molecular flexibility index (Phi) is 5.11. The van der Waals surface area contributed by atoms with Gasteiger partial charge in [-0.25, -0.2) is 13.4 Å². The van der Waals surface area contributed by atoms with Crippen molar-refractivity contribution in [3.63, 3.8) is 0 Å². The molecule has 0 saturated carbocycles. The van der Waals surface area contributed by atoms with Crippen molar-refractivity contribution in [2.24, 2.45) is 5.92 Å². The van der Waals surface area contributed by atoms with Gasteiger partial charge in [-0.2, -0.15) is 0 Å². The predicted octanol–water partition coefficient (Wildman–Crippen LogP) is 3.99. The maximum absolute atomic E-state index is 13.4. The second-order valence-corrected chi connectivity index (χ2v) is 10.2. The molecule has 0 amide bonds. The first-order valence-corrected chi connectivity index (χ1v) is 11.4. The highest BCUT2D eigenvalue weighted by atomic mass is 35.5. The zero-order valence-corrected chi connectivity index (χ0v) is 16.9. The van der Waals surface area contributed by atoms with E-state index in [0.717, 1.165) is 37.0 Å². The van der Waals surface area contributed by atoms with E-state index in [1.165, 1.54) is 23.5 Å². The fraction of sp³-hybridized carbons (Fsp3) is 0.316. The zero-order valence-electron chi connectivity index (χ0n) is 14.5. The molecule has 1 aromatic carbocycles. The van der Waals surface area contributed by atoms with Crippen molar-refractivity contribution >= 4 is 48.7 Å². The number of halogens is 1. The number of hydrogen-bond acceptors (Lipinski definition) is 6. The molecule has 1 saturated heterocycles. The first kappa shape index (κ1) is 18.7. The highest BCUT2D eigenvalue weighted by molar-refractivity contribution is 7.93. The molecule has 3 aromatic rings. The Morgan fingerprint density at radius 2 is 1.89 bits per heavy atom. The van der Waals surface area contributed by atoms with Crippen LogP contribution < -0.4 is 4.90 Å². The van der Waals surface area contributed by atoms with Crippen LogP contribution in [0, 0.1) is 5.92 Å². The molecule has 5 nitrogen and oxygen atoms in total. The number of aliphatic hydroxyl groups is 1. The van der Waals surface area contributed by atoms with E-state index < -0.39 is 9.84 Å². The first-order chi connectivity index (χ1) is 13.0. The normalized spacial score (nSPS) is 16.1. The largest absolute Gasteiger partial charge is 0.396 e. The second-order valence-electron chi connectivity index (χ2n) is 6.66. The van der Waals surface area contributed by atoms with Gasteiger partial charge in [-0.1, -0.05) is 11.6 Å². The van der Waals surface area contributed by atoms with Gasteiger partial charge in [0.05, 0.1) is 10.6 Å². The van der Waals surface area contributed by atoms with E-state index in [1.54, 1.807) is 18.3 Å². The molecule has 0 bridgehead atoms. The van der Waals surface area contributed by atoms with Gasteiger partial charge < -0.3 is 10.0 Å². The fourth-order valence-electron chi connectivity index (χ4n) is 3.44.